The molecule has 0 spiro atoms. The largest absolute Gasteiger partial charge is 0.495 e. The van der Waals surface area contributed by atoms with E-state index >= 15 is 0 Å². The number of aromatic nitrogens is 1. The van der Waals surface area contributed by atoms with Gasteiger partial charge in [0.1, 0.15) is 29.4 Å². The van der Waals surface area contributed by atoms with Crippen molar-refractivity contribution >= 4 is 46.8 Å². The van der Waals surface area contributed by atoms with Gasteiger partial charge < -0.3 is 30.7 Å². The molecule has 1 aliphatic heterocycles. The Bertz CT molecular complexity index is 1230. The van der Waals surface area contributed by atoms with Crippen LogP contribution in [0.2, 0.25) is 10.0 Å². The molecular formula is C26H30Cl2N6O3. The van der Waals surface area contributed by atoms with Gasteiger partial charge in [0.25, 0.3) is 0 Å². The lowest BCUT2D eigenvalue weighted by atomic mass is 10.1. The monoisotopic (exact) mass is 544 g/mol. The van der Waals surface area contributed by atoms with Crippen LogP contribution in [0.1, 0.15) is 15.9 Å². The Morgan fingerprint density at radius 1 is 1.00 bits per heavy atom. The van der Waals surface area contributed by atoms with Crippen molar-refractivity contribution < 1.29 is 14.3 Å². The number of methoxy groups -OCH3 is 2. The zero-order valence-corrected chi connectivity index (χ0v) is 22.4. The van der Waals surface area contributed by atoms with E-state index in [4.69, 9.17) is 49.6 Å². The third-order valence-corrected chi connectivity index (χ3v) is 6.69. The lowest BCUT2D eigenvalue weighted by Crippen LogP contribution is -2.44. The average Bonchev–Trinajstić information content (AvgIpc) is 2.90. The van der Waals surface area contributed by atoms with Crippen LogP contribution in [0.15, 0.2) is 42.5 Å². The van der Waals surface area contributed by atoms with E-state index in [-0.39, 0.29) is 21.7 Å². The first-order chi connectivity index (χ1) is 17.7. The van der Waals surface area contributed by atoms with E-state index in [0.717, 1.165) is 38.0 Å². The maximum atomic E-state index is 10.5. The molecule has 0 aliphatic carbocycles. The molecule has 2 heterocycles. The van der Waals surface area contributed by atoms with Crippen molar-refractivity contribution in [1.29, 1.82) is 5.41 Å². The lowest BCUT2D eigenvalue weighted by molar-refractivity contribution is 0.112. The van der Waals surface area contributed by atoms with E-state index in [1.807, 2.05) is 24.3 Å². The van der Waals surface area contributed by atoms with E-state index in [1.165, 1.54) is 19.9 Å². The van der Waals surface area contributed by atoms with Gasteiger partial charge in [-0.3, -0.25) is 10.2 Å². The number of piperazine rings is 1. The highest BCUT2D eigenvalue weighted by molar-refractivity contribution is 6.41. The molecule has 5 N–H and O–H groups in total. The fourth-order valence-corrected chi connectivity index (χ4v) is 4.48. The highest BCUT2D eigenvalue weighted by Crippen LogP contribution is 2.45. The summed E-state index contributed by atoms with van der Waals surface area (Å²) in [5.74, 6) is 0.735. The van der Waals surface area contributed by atoms with E-state index in [1.54, 1.807) is 18.2 Å². The smallest absolute Gasteiger partial charge is 0.150 e. The number of anilines is 2. The molecule has 1 aliphatic rings. The van der Waals surface area contributed by atoms with Crippen molar-refractivity contribution in [1.82, 2.24) is 9.88 Å². The fourth-order valence-electron chi connectivity index (χ4n) is 3.78. The van der Waals surface area contributed by atoms with Gasteiger partial charge in [0.15, 0.2) is 0 Å². The van der Waals surface area contributed by atoms with Gasteiger partial charge in [0.2, 0.25) is 0 Å². The number of halogens is 2. The Balaban J connectivity index is 0.000000220. The minimum atomic E-state index is -0.169. The van der Waals surface area contributed by atoms with Crippen LogP contribution in [-0.2, 0) is 0 Å². The number of nitrogens with zero attached hydrogens (tertiary/aromatic N) is 3. The van der Waals surface area contributed by atoms with Gasteiger partial charge in [-0.2, -0.15) is 0 Å². The van der Waals surface area contributed by atoms with Crippen LogP contribution in [0.25, 0.3) is 11.3 Å². The summed E-state index contributed by atoms with van der Waals surface area (Å²) in [5.41, 5.74) is 14.4. The summed E-state index contributed by atoms with van der Waals surface area (Å²) in [6.45, 7) is 4.35. The van der Waals surface area contributed by atoms with Crippen molar-refractivity contribution in [2.75, 3.05) is 58.1 Å². The summed E-state index contributed by atoms with van der Waals surface area (Å²) < 4.78 is 10.4. The molecule has 4 rings (SSSR count). The molecule has 37 heavy (non-hydrogen) atoms. The van der Waals surface area contributed by atoms with E-state index in [0.29, 0.717) is 28.3 Å². The number of nitrogens with one attached hydrogen (secondary N) is 1. The molecule has 11 heteroatoms. The second-order valence-electron chi connectivity index (χ2n) is 8.33. The molecule has 196 valence electrons. The number of rotatable bonds is 6. The summed E-state index contributed by atoms with van der Waals surface area (Å²) in [7, 11) is 5.12. The van der Waals surface area contributed by atoms with E-state index < -0.39 is 0 Å². The maximum absolute atomic E-state index is 10.5. The fraction of sp³-hybridized carbons (Fsp3) is 0.269. The summed E-state index contributed by atoms with van der Waals surface area (Å²) >= 11 is 12.6. The zero-order valence-electron chi connectivity index (χ0n) is 20.9. The van der Waals surface area contributed by atoms with E-state index in [2.05, 4.69) is 21.8 Å². The third-order valence-electron chi connectivity index (χ3n) is 5.94. The number of likely N-dealkylation sites (N-methyl/N-ethyl adjacent to an activating group) is 1. The Kier molecular flexibility index (Phi) is 9.57. The standard InChI is InChI=1S/C14H14Cl2N4O2.C12H16N2O/c1-21-8-5-9(22-2)12(16)10(11(8)15)7-4-3-6(13(17)18)14(19)20-7;1-13-6-8-14(9-7-13)12-4-2-11(10-15)3-5-12/h3-5H,1-2H3,(H3,17,18)(H2,19,20);2-5,10H,6-9H2,1H3. The predicted molar refractivity (Wildman–Crippen MR) is 150 cm³/mol. The molecule has 3 aromatic rings. The van der Waals surface area contributed by atoms with Crippen molar-refractivity contribution in [2.45, 2.75) is 0 Å². The predicted octanol–water partition coefficient (Wildman–Crippen LogP) is 4.19. The Hall–Kier alpha value is -3.53. The number of carbonyl (C=O) groups excluding carboxylic acids is 1. The van der Waals surface area contributed by atoms with Gasteiger partial charge in [0.05, 0.1) is 35.5 Å². The van der Waals surface area contributed by atoms with Crippen molar-refractivity contribution in [3.8, 4) is 22.8 Å². The first-order valence-electron chi connectivity index (χ1n) is 11.4. The number of aldehydes is 1. The Morgan fingerprint density at radius 3 is 2.03 bits per heavy atom. The average molecular weight is 545 g/mol. The molecule has 0 unspecified atom stereocenters. The van der Waals surface area contributed by atoms with Gasteiger partial charge in [0, 0.05) is 49.1 Å². The van der Waals surface area contributed by atoms with Gasteiger partial charge in [-0.05, 0) is 43.4 Å². The SMILES string of the molecule is CN1CCN(c2ccc(C=O)cc2)CC1.COc1cc(OC)c(Cl)c(-c2ccc(C(=N)N)c(N)n2)c1Cl. The second kappa shape index (κ2) is 12.6. The number of nitrogens with two attached hydrogens (primary N) is 2. The van der Waals surface area contributed by atoms with Gasteiger partial charge in [-0.1, -0.05) is 23.2 Å². The highest BCUT2D eigenvalue weighted by Gasteiger charge is 2.20. The minimum absolute atomic E-state index is 0.110. The van der Waals surface area contributed by atoms with Crippen LogP contribution in [0.3, 0.4) is 0 Å². The lowest BCUT2D eigenvalue weighted by Gasteiger charge is -2.34. The van der Waals surface area contributed by atoms with Crippen LogP contribution in [-0.4, -0.2) is 69.5 Å². The maximum Gasteiger partial charge on any atom is 0.150 e. The van der Waals surface area contributed by atoms with Gasteiger partial charge >= 0.3 is 0 Å². The molecular weight excluding hydrogens is 515 g/mol. The number of ether oxygens (including phenoxy) is 2. The number of nitrogen functional groups attached to an aromatic ring is 2. The van der Waals surface area contributed by atoms with Gasteiger partial charge in [-0.25, -0.2) is 4.98 Å². The molecule has 9 nitrogen and oxygen atoms in total. The summed E-state index contributed by atoms with van der Waals surface area (Å²) in [6.07, 6.45) is 0.883. The quantitative estimate of drug-likeness (QED) is 0.239. The minimum Gasteiger partial charge on any atom is -0.495 e. The van der Waals surface area contributed by atoms with Crippen molar-refractivity contribution in [3.05, 3.63) is 63.6 Å². The summed E-state index contributed by atoms with van der Waals surface area (Å²) in [5, 5.41) is 8.00. The number of benzene rings is 2. The van der Waals surface area contributed by atoms with Crippen molar-refractivity contribution in [3.63, 3.8) is 0 Å². The van der Waals surface area contributed by atoms with Crippen LogP contribution in [0.4, 0.5) is 11.5 Å². The molecule has 0 bridgehead atoms. The molecule has 0 amide bonds. The normalized spacial score (nSPS) is 13.4. The number of pyridine rings is 1. The van der Waals surface area contributed by atoms with E-state index in [9.17, 15) is 4.79 Å². The van der Waals surface area contributed by atoms with Crippen LogP contribution in [0.5, 0.6) is 11.5 Å². The number of amidine groups is 1. The molecule has 0 atom stereocenters. The molecule has 0 radical (unpaired) electrons. The number of hydrogen-bond acceptors (Lipinski definition) is 8. The van der Waals surface area contributed by atoms with Crippen LogP contribution >= 0.6 is 23.2 Å². The molecule has 1 saturated heterocycles. The molecule has 1 aromatic heterocycles. The van der Waals surface area contributed by atoms with Crippen LogP contribution in [0, 0.1) is 5.41 Å². The molecule has 1 fully saturated rings. The number of carbonyl (C=O) groups is 1. The topological polar surface area (TPSA) is 131 Å². The molecule has 0 saturated carbocycles. The highest BCUT2D eigenvalue weighted by atomic mass is 35.5. The van der Waals surface area contributed by atoms with Crippen molar-refractivity contribution in [2.24, 2.45) is 5.73 Å². The number of hydrogen-bond donors (Lipinski definition) is 3. The first-order valence-corrected chi connectivity index (χ1v) is 12.2. The third kappa shape index (κ3) is 6.62. The summed E-state index contributed by atoms with van der Waals surface area (Å²) in [4.78, 5) is 19.4. The Morgan fingerprint density at radius 2 is 1.57 bits per heavy atom. The molecule has 2 aromatic carbocycles. The second-order valence-corrected chi connectivity index (χ2v) is 9.08. The first kappa shape index (κ1) is 28.0. The van der Waals surface area contributed by atoms with Crippen LogP contribution < -0.4 is 25.8 Å². The Labute approximate surface area is 226 Å². The summed E-state index contributed by atoms with van der Waals surface area (Å²) in [6, 6.07) is 12.6. The zero-order chi connectivity index (χ0) is 27.1. The van der Waals surface area contributed by atoms with Gasteiger partial charge in [-0.15, -0.1) is 0 Å².